The van der Waals surface area contributed by atoms with Gasteiger partial charge in [0.15, 0.2) is 0 Å². The lowest BCUT2D eigenvalue weighted by atomic mass is 9.77. The molecule has 0 unspecified atom stereocenters. The van der Waals surface area contributed by atoms with Crippen LogP contribution >= 0.6 is 0 Å². The van der Waals surface area contributed by atoms with E-state index in [1.807, 2.05) is 0 Å². The van der Waals surface area contributed by atoms with Crippen molar-refractivity contribution in [1.29, 1.82) is 0 Å². The minimum absolute atomic E-state index is 0.111. The molecule has 0 heterocycles. The molecule has 0 bridgehead atoms. The van der Waals surface area contributed by atoms with E-state index in [4.69, 9.17) is 4.74 Å². The minimum atomic E-state index is -4.81. The molecule has 0 saturated heterocycles. The predicted molar refractivity (Wildman–Crippen MR) is 83.3 cm³/mol. The monoisotopic (exact) mass is 345 g/mol. The molecule has 0 saturated carbocycles. The first-order valence-electron chi connectivity index (χ1n) is 7.61. The van der Waals surface area contributed by atoms with E-state index in [1.54, 1.807) is 37.3 Å². The smallest absolute Gasteiger partial charge is 0.405 e. The average molecular weight is 345 g/mol. The van der Waals surface area contributed by atoms with E-state index in [-0.39, 0.29) is 6.61 Å². The molecule has 0 aromatic heterocycles. The Bertz CT molecular complexity index is 574. The predicted octanol–water partition coefficient (Wildman–Crippen LogP) is 3.43. The van der Waals surface area contributed by atoms with E-state index in [0.717, 1.165) is 13.8 Å². The Morgan fingerprint density at radius 2 is 1.75 bits per heavy atom. The number of hydrogen-bond acceptors (Lipinski definition) is 4. The van der Waals surface area contributed by atoms with Gasteiger partial charge in [-0.05, 0) is 33.3 Å². The van der Waals surface area contributed by atoms with Gasteiger partial charge in [-0.1, -0.05) is 30.3 Å². The quantitative estimate of drug-likeness (QED) is 0.608. The summed E-state index contributed by atoms with van der Waals surface area (Å²) in [6.07, 6.45) is -4.81. The maximum atomic E-state index is 13.6. The Morgan fingerprint density at radius 3 is 2.17 bits per heavy atom. The van der Waals surface area contributed by atoms with Gasteiger partial charge >= 0.3 is 12.1 Å². The standard InChI is InChI=1S/C17H22F3NO3/c1-5-24-15(23)16(4,12(3)22)14(17(18,19)20)21-11(2)13-9-7-6-8-10-13/h6-11,14,21H,5H2,1-4H3/t11-,14-,16-/m1/s1. The maximum Gasteiger partial charge on any atom is 0.405 e. The van der Waals surface area contributed by atoms with E-state index in [1.165, 1.54) is 6.92 Å². The summed E-state index contributed by atoms with van der Waals surface area (Å²) >= 11 is 0. The summed E-state index contributed by atoms with van der Waals surface area (Å²) in [6.45, 7) is 4.84. The molecule has 0 spiro atoms. The number of esters is 1. The second kappa shape index (κ2) is 7.79. The largest absolute Gasteiger partial charge is 0.465 e. The van der Waals surface area contributed by atoms with Crippen LogP contribution in [0.5, 0.6) is 0 Å². The number of alkyl halides is 3. The van der Waals surface area contributed by atoms with Crippen LogP contribution in [-0.4, -0.2) is 30.6 Å². The van der Waals surface area contributed by atoms with Crippen LogP contribution < -0.4 is 5.32 Å². The number of hydrogen-bond donors (Lipinski definition) is 1. The molecule has 4 nitrogen and oxygen atoms in total. The lowest BCUT2D eigenvalue weighted by Gasteiger charge is -2.37. The van der Waals surface area contributed by atoms with Crippen molar-refractivity contribution in [3.63, 3.8) is 0 Å². The fourth-order valence-electron chi connectivity index (χ4n) is 2.42. The highest BCUT2D eigenvalue weighted by atomic mass is 19.4. The van der Waals surface area contributed by atoms with Crippen LogP contribution in [-0.2, 0) is 14.3 Å². The Balaban J connectivity index is 3.24. The highest BCUT2D eigenvalue weighted by Gasteiger charge is 2.59. The second-order valence-electron chi connectivity index (χ2n) is 5.75. The molecule has 134 valence electrons. The zero-order valence-electron chi connectivity index (χ0n) is 14.1. The number of ketones is 1. The van der Waals surface area contributed by atoms with Crippen molar-refractivity contribution in [1.82, 2.24) is 5.32 Å². The van der Waals surface area contributed by atoms with Crippen molar-refractivity contribution in [2.24, 2.45) is 5.41 Å². The molecule has 0 aliphatic heterocycles. The van der Waals surface area contributed by atoms with Crippen molar-refractivity contribution in [2.75, 3.05) is 6.61 Å². The number of benzene rings is 1. The van der Waals surface area contributed by atoms with E-state index in [9.17, 15) is 22.8 Å². The summed E-state index contributed by atoms with van der Waals surface area (Å²) in [7, 11) is 0. The molecule has 7 heteroatoms. The van der Waals surface area contributed by atoms with Gasteiger partial charge in [0.2, 0.25) is 0 Å². The first kappa shape index (κ1) is 20.2. The van der Waals surface area contributed by atoms with Gasteiger partial charge in [-0.3, -0.25) is 14.9 Å². The summed E-state index contributed by atoms with van der Waals surface area (Å²) in [6, 6.07) is 5.40. The van der Waals surface area contributed by atoms with Gasteiger partial charge in [-0.2, -0.15) is 13.2 Å². The third kappa shape index (κ3) is 4.35. The van der Waals surface area contributed by atoms with Crippen LogP contribution in [0.3, 0.4) is 0 Å². The number of rotatable bonds is 7. The van der Waals surface area contributed by atoms with Gasteiger partial charge in [-0.25, -0.2) is 0 Å². The van der Waals surface area contributed by atoms with Crippen LogP contribution in [0, 0.1) is 5.41 Å². The average Bonchev–Trinajstić information content (AvgIpc) is 2.51. The first-order chi connectivity index (χ1) is 11.0. The molecule has 24 heavy (non-hydrogen) atoms. The Hall–Kier alpha value is -1.89. The Labute approximate surface area is 139 Å². The van der Waals surface area contributed by atoms with Crippen LogP contribution in [0.25, 0.3) is 0 Å². The number of halogens is 3. The van der Waals surface area contributed by atoms with Gasteiger partial charge in [0.25, 0.3) is 0 Å². The second-order valence-corrected chi connectivity index (χ2v) is 5.75. The maximum absolute atomic E-state index is 13.6. The summed E-state index contributed by atoms with van der Waals surface area (Å²) in [5.74, 6) is -2.09. The van der Waals surface area contributed by atoms with Crippen molar-refractivity contribution < 1.29 is 27.5 Å². The molecular formula is C17H22F3NO3. The zero-order chi connectivity index (χ0) is 18.5. The molecule has 1 aromatic carbocycles. The number of nitrogens with one attached hydrogen (secondary N) is 1. The van der Waals surface area contributed by atoms with Crippen molar-refractivity contribution in [2.45, 2.75) is 46.0 Å². The normalized spacial score (nSPS) is 16.8. The summed E-state index contributed by atoms with van der Waals surface area (Å²) in [5.41, 5.74) is -1.75. The first-order valence-corrected chi connectivity index (χ1v) is 7.61. The Kier molecular flexibility index (Phi) is 6.54. The van der Waals surface area contributed by atoms with Crippen LogP contribution in [0.2, 0.25) is 0 Å². The van der Waals surface area contributed by atoms with Crippen LogP contribution in [0.15, 0.2) is 30.3 Å². The van der Waals surface area contributed by atoms with Crippen LogP contribution in [0.1, 0.15) is 39.3 Å². The topological polar surface area (TPSA) is 55.4 Å². The van der Waals surface area contributed by atoms with Crippen molar-refractivity contribution in [3.8, 4) is 0 Å². The molecule has 0 aliphatic rings. The van der Waals surface area contributed by atoms with E-state index in [0.29, 0.717) is 5.56 Å². The number of ether oxygens (including phenoxy) is 1. The Morgan fingerprint density at radius 1 is 1.21 bits per heavy atom. The highest BCUT2D eigenvalue weighted by molar-refractivity contribution is 6.03. The van der Waals surface area contributed by atoms with Gasteiger partial charge in [-0.15, -0.1) is 0 Å². The lowest BCUT2D eigenvalue weighted by molar-refractivity contribution is -0.199. The summed E-state index contributed by atoms with van der Waals surface area (Å²) in [4.78, 5) is 24.1. The minimum Gasteiger partial charge on any atom is -0.465 e. The van der Waals surface area contributed by atoms with Gasteiger partial charge < -0.3 is 4.74 Å². The fourth-order valence-corrected chi connectivity index (χ4v) is 2.42. The van der Waals surface area contributed by atoms with E-state index in [2.05, 4.69) is 5.32 Å². The van der Waals surface area contributed by atoms with Gasteiger partial charge in [0.05, 0.1) is 6.61 Å². The SMILES string of the molecule is CCOC(=O)[C@](C)(C(C)=O)[C@@H](N[C@H](C)c1ccccc1)C(F)(F)F. The molecule has 0 amide bonds. The number of Topliss-reactive ketones (excluding diaryl/α,β-unsaturated/α-hetero) is 1. The molecule has 1 aromatic rings. The molecule has 3 atom stereocenters. The third-order valence-corrected chi connectivity index (χ3v) is 4.05. The molecule has 1 rings (SSSR count). The number of carbonyl (C=O) groups is 2. The molecular weight excluding hydrogens is 323 g/mol. The van der Waals surface area contributed by atoms with Gasteiger partial charge in [0, 0.05) is 6.04 Å². The van der Waals surface area contributed by atoms with Crippen LogP contribution in [0.4, 0.5) is 13.2 Å². The molecule has 0 radical (unpaired) electrons. The molecule has 0 fully saturated rings. The van der Waals surface area contributed by atoms with Crippen molar-refractivity contribution >= 4 is 11.8 Å². The fraction of sp³-hybridized carbons (Fsp3) is 0.529. The van der Waals surface area contributed by atoms with Crippen molar-refractivity contribution in [3.05, 3.63) is 35.9 Å². The molecule has 1 N–H and O–H groups in total. The van der Waals surface area contributed by atoms with Gasteiger partial charge in [0.1, 0.15) is 17.2 Å². The van der Waals surface area contributed by atoms with E-state index >= 15 is 0 Å². The number of carbonyl (C=O) groups excluding carboxylic acids is 2. The summed E-state index contributed by atoms with van der Waals surface area (Å²) in [5, 5.41) is 2.39. The third-order valence-electron chi connectivity index (χ3n) is 4.05. The summed E-state index contributed by atoms with van der Waals surface area (Å²) < 4.78 is 45.6. The van der Waals surface area contributed by atoms with E-state index < -0.39 is 35.4 Å². The zero-order valence-corrected chi connectivity index (χ0v) is 14.1. The lowest BCUT2D eigenvalue weighted by Crippen LogP contribution is -2.60. The highest BCUT2D eigenvalue weighted by Crippen LogP contribution is 2.37. The molecule has 0 aliphatic carbocycles.